The van der Waals surface area contributed by atoms with Crippen LogP contribution in [0, 0.1) is 11.3 Å². The molecule has 1 atom stereocenters. The number of rotatable bonds is 4. The Balaban J connectivity index is 1.71. The van der Waals surface area contributed by atoms with Gasteiger partial charge in [-0.2, -0.15) is 0 Å². The number of carbonyl (C=O) groups is 2. The highest BCUT2D eigenvalue weighted by atomic mass is 16.5. The second-order valence-electron chi connectivity index (χ2n) is 6.43. The van der Waals surface area contributed by atoms with Crippen molar-refractivity contribution in [2.75, 3.05) is 26.7 Å². The van der Waals surface area contributed by atoms with Crippen LogP contribution in [0.1, 0.15) is 39.5 Å². The van der Waals surface area contributed by atoms with Crippen molar-refractivity contribution in [1.82, 2.24) is 10.2 Å². The van der Waals surface area contributed by atoms with Crippen molar-refractivity contribution in [3.63, 3.8) is 0 Å². The lowest BCUT2D eigenvalue weighted by atomic mass is 9.91. The van der Waals surface area contributed by atoms with E-state index in [4.69, 9.17) is 4.74 Å². The van der Waals surface area contributed by atoms with Gasteiger partial charge >= 0.3 is 12.0 Å². The fourth-order valence-electron chi connectivity index (χ4n) is 3.18. The van der Waals surface area contributed by atoms with Crippen LogP contribution in [0.25, 0.3) is 0 Å². The van der Waals surface area contributed by atoms with Gasteiger partial charge in [0.15, 0.2) is 0 Å². The van der Waals surface area contributed by atoms with Crippen molar-refractivity contribution in [3.05, 3.63) is 11.6 Å². The van der Waals surface area contributed by atoms with Gasteiger partial charge < -0.3 is 15.0 Å². The third kappa shape index (κ3) is 3.77. The van der Waals surface area contributed by atoms with Gasteiger partial charge in [-0.05, 0) is 44.9 Å². The first-order chi connectivity index (χ1) is 9.98. The van der Waals surface area contributed by atoms with E-state index < -0.39 is 0 Å². The quantitative estimate of drug-likeness (QED) is 0.492. The number of allylic oxidation sites excluding steroid dienone is 1. The van der Waals surface area contributed by atoms with E-state index >= 15 is 0 Å². The number of carbonyl (C=O) groups excluding carboxylic acids is 2. The molecule has 2 amide bonds. The molecule has 1 heterocycles. The van der Waals surface area contributed by atoms with Crippen molar-refractivity contribution in [2.24, 2.45) is 11.3 Å². The lowest BCUT2D eigenvalue weighted by Gasteiger charge is -2.32. The summed E-state index contributed by atoms with van der Waals surface area (Å²) in [6.45, 7) is 6.26. The minimum atomic E-state index is -0.0883. The van der Waals surface area contributed by atoms with Crippen LogP contribution in [0.15, 0.2) is 11.6 Å². The minimum absolute atomic E-state index is 0.0160. The van der Waals surface area contributed by atoms with Gasteiger partial charge in [-0.25, -0.2) is 4.79 Å². The molecule has 118 valence electrons. The lowest BCUT2D eigenvalue weighted by molar-refractivity contribution is -0.143. The SMILES string of the molecule is COC(=O)[C@H]1CC12CCN(C(=O)NCCC=C(C)C)CC2. The summed E-state index contributed by atoms with van der Waals surface area (Å²) in [5, 5.41) is 2.95. The second-order valence-corrected chi connectivity index (χ2v) is 6.43. The normalized spacial score (nSPS) is 22.6. The van der Waals surface area contributed by atoms with E-state index in [-0.39, 0.29) is 23.3 Å². The molecule has 0 aromatic carbocycles. The van der Waals surface area contributed by atoms with Gasteiger partial charge in [-0.3, -0.25) is 4.79 Å². The summed E-state index contributed by atoms with van der Waals surface area (Å²) in [7, 11) is 1.45. The van der Waals surface area contributed by atoms with E-state index in [0.717, 1.165) is 38.8 Å². The molecule has 0 aromatic rings. The number of urea groups is 1. The molecule has 21 heavy (non-hydrogen) atoms. The zero-order chi connectivity index (χ0) is 15.5. The molecule has 1 aliphatic carbocycles. The molecule has 1 aliphatic heterocycles. The van der Waals surface area contributed by atoms with E-state index in [0.29, 0.717) is 6.54 Å². The predicted molar refractivity (Wildman–Crippen MR) is 80.8 cm³/mol. The fourth-order valence-corrected chi connectivity index (χ4v) is 3.18. The maximum Gasteiger partial charge on any atom is 0.317 e. The highest BCUT2D eigenvalue weighted by Gasteiger charge is 2.59. The largest absolute Gasteiger partial charge is 0.469 e. The first kappa shape index (κ1) is 15.9. The van der Waals surface area contributed by atoms with E-state index in [1.807, 2.05) is 4.90 Å². The molecule has 5 nitrogen and oxygen atoms in total. The van der Waals surface area contributed by atoms with Crippen LogP contribution in [0.2, 0.25) is 0 Å². The van der Waals surface area contributed by atoms with Gasteiger partial charge in [-0.15, -0.1) is 0 Å². The third-order valence-electron chi connectivity index (χ3n) is 4.70. The predicted octanol–water partition coefficient (Wildman–Crippen LogP) is 2.33. The van der Waals surface area contributed by atoms with Gasteiger partial charge in [0.2, 0.25) is 0 Å². The molecule has 0 aromatic heterocycles. The Morgan fingerprint density at radius 1 is 1.33 bits per heavy atom. The van der Waals surface area contributed by atoms with Crippen molar-refractivity contribution in [1.29, 1.82) is 0 Å². The summed E-state index contributed by atoms with van der Waals surface area (Å²) in [5.74, 6) is -0.0278. The molecule has 1 saturated carbocycles. The standard InChI is InChI=1S/C16H26N2O3/c1-12(2)5-4-8-17-15(20)18-9-6-16(7-10-18)11-13(16)14(19)21-3/h5,13H,4,6-11H2,1-3H3,(H,17,20)/t13-/m1/s1. The van der Waals surface area contributed by atoms with E-state index in [1.54, 1.807) is 0 Å². The van der Waals surface area contributed by atoms with Crippen LogP contribution in [0.4, 0.5) is 4.79 Å². The molecule has 2 aliphatic rings. The Morgan fingerprint density at radius 3 is 2.57 bits per heavy atom. The maximum atomic E-state index is 12.0. The third-order valence-corrected chi connectivity index (χ3v) is 4.70. The smallest absolute Gasteiger partial charge is 0.317 e. The van der Waals surface area contributed by atoms with Gasteiger partial charge in [0.25, 0.3) is 0 Å². The van der Waals surface area contributed by atoms with Crippen LogP contribution in [-0.4, -0.2) is 43.6 Å². The van der Waals surface area contributed by atoms with Crippen molar-refractivity contribution in [2.45, 2.75) is 39.5 Å². The van der Waals surface area contributed by atoms with E-state index in [9.17, 15) is 9.59 Å². The van der Waals surface area contributed by atoms with Crippen LogP contribution < -0.4 is 5.32 Å². The number of ether oxygens (including phenoxy) is 1. The highest BCUT2D eigenvalue weighted by Crippen LogP contribution is 2.59. The molecular weight excluding hydrogens is 268 g/mol. The first-order valence-corrected chi connectivity index (χ1v) is 7.72. The number of amides is 2. The highest BCUT2D eigenvalue weighted by molar-refractivity contribution is 5.77. The zero-order valence-corrected chi connectivity index (χ0v) is 13.3. The topological polar surface area (TPSA) is 58.6 Å². The monoisotopic (exact) mass is 294 g/mol. The number of likely N-dealkylation sites (tertiary alicyclic amines) is 1. The number of nitrogens with one attached hydrogen (secondary N) is 1. The zero-order valence-electron chi connectivity index (χ0n) is 13.3. The first-order valence-electron chi connectivity index (χ1n) is 7.72. The maximum absolute atomic E-state index is 12.0. The van der Waals surface area contributed by atoms with Gasteiger partial charge in [0, 0.05) is 19.6 Å². The molecule has 0 unspecified atom stereocenters. The minimum Gasteiger partial charge on any atom is -0.469 e. The Morgan fingerprint density at radius 2 is 2.00 bits per heavy atom. The molecule has 0 bridgehead atoms. The fraction of sp³-hybridized carbons (Fsp3) is 0.750. The molecule has 1 spiro atoms. The van der Waals surface area contributed by atoms with Crippen molar-refractivity contribution in [3.8, 4) is 0 Å². The number of esters is 1. The molecule has 1 saturated heterocycles. The Hall–Kier alpha value is -1.52. The number of hydrogen-bond donors (Lipinski definition) is 1. The summed E-state index contributed by atoms with van der Waals surface area (Å²) in [6.07, 6.45) is 5.74. The van der Waals surface area contributed by atoms with Gasteiger partial charge in [0.05, 0.1) is 13.0 Å². The summed E-state index contributed by atoms with van der Waals surface area (Å²) in [4.78, 5) is 25.5. The molecular formula is C16H26N2O3. The van der Waals surface area contributed by atoms with Crippen LogP contribution in [-0.2, 0) is 9.53 Å². The van der Waals surface area contributed by atoms with Gasteiger partial charge in [0.1, 0.15) is 0 Å². The van der Waals surface area contributed by atoms with E-state index in [1.165, 1.54) is 12.7 Å². The van der Waals surface area contributed by atoms with E-state index in [2.05, 4.69) is 25.2 Å². The van der Waals surface area contributed by atoms with Gasteiger partial charge in [-0.1, -0.05) is 11.6 Å². The number of hydrogen-bond acceptors (Lipinski definition) is 3. The Bertz CT molecular complexity index is 433. The summed E-state index contributed by atoms with van der Waals surface area (Å²) in [6, 6.07) is 0.0160. The molecule has 5 heteroatoms. The summed E-state index contributed by atoms with van der Waals surface area (Å²) in [5.41, 5.74) is 1.39. The number of piperidine rings is 1. The van der Waals surface area contributed by atoms with Crippen molar-refractivity contribution < 1.29 is 14.3 Å². The average molecular weight is 294 g/mol. The summed E-state index contributed by atoms with van der Waals surface area (Å²) < 4.78 is 4.82. The Kier molecular flexibility index (Phi) is 4.91. The lowest BCUT2D eigenvalue weighted by Crippen LogP contribution is -2.45. The second kappa shape index (κ2) is 6.50. The number of methoxy groups -OCH3 is 1. The molecule has 0 radical (unpaired) electrons. The molecule has 1 N–H and O–H groups in total. The van der Waals surface area contributed by atoms with Crippen molar-refractivity contribution >= 4 is 12.0 Å². The average Bonchev–Trinajstić information content (AvgIpc) is 3.17. The Labute approximate surface area is 126 Å². The number of nitrogens with zero attached hydrogens (tertiary/aromatic N) is 1. The molecule has 2 rings (SSSR count). The van der Waals surface area contributed by atoms with Crippen LogP contribution >= 0.6 is 0 Å². The van der Waals surface area contributed by atoms with Crippen LogP contribution in [0.5, 0.6) is 0 Å². The summed E-state index contributed by atoms with van der Waals surface area (Å²) >= 11 is 0. The van der Waals surface area contributed by atoms with Crippen LogP contribution in [0.3, 0.4) is 0 Å². The molecule has 2 fully saturated rings.